The smallest absolute Gasteiger partial charge is 0.0959 e. The van der Waals surface area contributed by atoms with Crippen LogP contribution in [0.4, 0.5) is 0 Å². The summed E-state index contributed by atoms with van der Waals surface area (Å²) in [4.78, 5) is 5.53. The predicted octanol–water partition coefficient (Wildman–Crippen LogP) is 0.947. The standard InChI is InChI=1S/C7H12N2/c1-4-5-6-9(3)7-8-2/h7H,4H2,1-3H3/b8-7-. The van der Waals surface area contributed by atoms with Gasteiger partial charge in [0.2, 0.25) is 0 Å². The van der Waals surface area contributed by atoms with Gasteiger partial charge in [-0.25, -0.2) is 0 Å². The molecule has 2 heteroatoms. The lowest BCUT2D eigenvalue weighted by molar-refractivity contribution is 0.747. The van der Waals surface area contributed by atoms with E-state index in [1.54, 1.807) is 18.3 Å². The molecule has 0 atom stereocenters. The molecule has 0 radical (unpaired) electrons. The Bertz CT molecular complexity index is 139. The van der Waals surface area contributed by atoms with Crippen LogP contribution in [-0.4, -0.2) is 25.3 Å². The molecule has 0 unspecified atom stereocenters. The zero-order valence-electron chi connectivity index (χ0n) is 6.18. The van der Waals surface area contributed by atoms with E-state index in [1.165, 1.54) is 0 Å². The van der Waals surface area contributed by atoms with Crippen molar-refractivity contribution in [3.8, 4) is 12.0 Å². The molecule has 0 bridgehead atoms. The molecular weight excluding hydrogens is 112 g/mol. The van der Waals surface area contributed by atoms with Crippen LogP contribution < -0.4 is 0 Å². The van der Waals surface area contributed by atoms with Gasteiger partial charge < -0.3 is 0 Å². The number of aliphatic imine (C=N–C) groups is 1. The van der Waals surface area contributed by atoms with Crippen molar-refractivity contribution in [3.05, 3.63) is 0 Å². The molecule has 0 rings (SSSR count). The van der Waals surface area contributed by atoms with Crippen molar-refractivity contribution in [1.82, 2.24) is 4.90 Å². The van der Waals surface area contributed by atoms with E-state index in [9.17, 15) is 0 Å². The zero-order chi connectivity index (χ0) is 7.11. The summed E-state index contributed by atoms with van der Waals surface area (Å²) in [6.07, 6.45) is 2.57. The van der Waals surface area contributed by atoms with Crippen molar-refractivity contribution in [2.24, 2.45) is 4.99 Å². The molecule has 0 aliphatic heterocycles. The molecule has 0 aromatic heterocycles. The molecule has 0 aromatic carbocycles. The first kappa shape index (κ1) is 8.03. The monoisotopic (exact) mass is 124 g/mol. The first-order valence-corrected chi connectivity index (χ1v) is 2.95. The van der Waals surface area contributed by atoms with Crippen LogP contribution in [0.2, 0.25) is 0 Å². The summed E-state index contributed by atoms with van der Waals surface area (Å²) in [7, 11) is 3.60. The molecule has 0 aromatic rings. The van der Waals surface area contributed by atoms with Crippen LogP contribution in [0.3, 0.4) is 0 Å². The Morgan fingerprint density at radius 2 is 2.33 bits per heavy atom. The normalized spacial score (nSPS) is 8.78. The molecule has 0 aliphatic carbocycles. The van der Waals surface area contributed by atoms with Crippen LogP contribution in [0, 0.1) is 12.0 Å². The van der Waals surface area contributed by atoms with Crippen LogP contribution in [0.25, 0.3) is 0 Å². The third kappa shape index (κ3) is 4.89. The molecule has 0 spiro atoms. The average Bonchev–Trinajstić information content (AvgIpc) is 1.85. The second-order valence-corrected chi connectivity index (χ2v) is 1.63. The highest BCUT2D eigenvalue weighted by molar-refractivity contribution is 5.56. The second kappa shape index (κ2) is 5.17. The van der Waals surface area contributed by atoms with E-state index >= 15 is 0 Å². The van der Waals surface area contributed by atoms with Gasteiger partial charge in [0.25, 0.3) is 0 Å². The first-order valence-electron chi connectivity index (χ1n) is 2.95. The summed E-state index contributed by atoms with van der Waals surface area (Å²) in [5.74, 6) is 2.92. The Morgan fingerprint density at radius 3 is 2.78 bits per heavy atom. The van der Waals surface area contributed by atoms with Gasteiger partial charge in [-0.2, -0.15) is 0 Å². The van der Waals surface area contributed by atoms with Crippen molar-refractivity contribution in [1.29, 1.82) is 0 Å². The number of hydrogen-bond acceptors (Lipinski definition) is 1. The summed E-state index contributed by atoms with van der Waals surface area (Å²) in [6.45, 7) is 2.02. The van der Waals surface area contributed by atoms with Crippen LogP contribution >= 0.6 is 0 Å². The Hall–Kier alpha value is -0.970. The summed E-state index contributed by atoms with van der Waals surface area (Å²) in [5.41, 5.74) is 0. The van der Waals surface area contributed by atoms with Gasteiger partial charge in [0, 0.05) is 26.6 Å². The molecule has 0 aliphatic rings. The van der Waals surface area contributed by atoms with Crippen molar-refractivity contribution in [2.45, 2.75) is 13.3 Å². The molecule has 0 saturated carbocycles. The predicted molar refractivity (Wildman–Crippen MR) is 40.2 cm³/mol. The maximum absolute atomic E-state index is 3.79. The molecule has 9 heavy (non-hydrogen) atoms. The molecule has 0 heterocycles. The zero-order valence-corrected chi connectivity index (χ0v) is 6.18. The van der Waals surface area contributed by atoms with Gasteiger partial charge >= 0.3 is 0 Å². The number of hydrogen-bond donors (Lipinski definition) is 0. The van der Waals surface area contributed by atoms with Crippen LogP contribution in [-0.2, 0) is 0 Å². The third-order valence-corrected chi connectivity index (χ3v) is 0.721. The SMILES string of the molecule is CCC#CN(C)/C=N\C. The Kier molecular flexibility index (Phi) is 4.61. The van der Waals surface area contributed by atoms with Crippen LogP contribution in [0.5, 0.6) is 0 Å². The lowest BCUT2D eigenvalue weighted by Crippen LogP contribution is -2.07. The molecular formula is C7H12N2. The van der Waals surface area contributed by atoms with Crippen LogP contribution in [0.15, 0.2) is 4.99 Å². The first-order chi connectivity index (χ1) is 4.31. The van der Waals surface area contributed by atoms with Gasteiger partial charge in [-0.15, -0.1) is 0 Å². The van der Waals surface area contributed by atoms with E-state index in [2.05, 4.69) is 17.0 Å². The third-order valence-electron chi connectivity index (χ3n) is 0.721. The molecule has 0 amide bonds. The topological polar surface area (TPSA) is 15.6 Å². The molecule has 50 valence electrons. The van der Waals surface area contributed by atoms with Crippen molar-refractivity contribution >= 4 is 6.34 Å². The highest BCUT2D eigenvalue weighted by Gasteiger charge is 1.76. The number of rotatable bonds is 1. The molecule has 0 saturated heterocycles. The average molecular weight is 124 g/mol. The van der Waals surface area contributed by atoms with Crippen molar-refractivity contribution in [2.75, 3.05) is 14.1 Å². The summed E-state index contributed by atoms with van der Waals surface area (Å²) in [5, 5.41) is 0. The van der Waals surface area contributed by atoms with Gasteiger partial charge in [0.15, 0.2) is 0 Å². The van der Waals surface area contributed by atoms with Gasteiger partial charge in [0.1, 0.15) is 0 Å². The van der Waals surface area contributed by atoms with Gasteiger partial charge in [-0.05, 0) is 0 Å². The molecule has 0 N–H and O–H groups in total. The maximum Gasteiger partial charge on any atom is 0.0959 e. The Balaban J connectivity index is 3.61. The lowest BCUT2D eigenvalue weighted by atomic mass is 10.5. The summed E-state index contributed by atoms with van der Waals surface area (Å²) in [6, 6.07) is 2.87. The van der Waals surface area contributed by atoms with E-state index in [0.717, 1.165) is 6.42 Å². The van der Waals surface area contributed by atoms with E-state index in [4.69, 9.17) is 0 Å². The summed E-state index contributed by atoms with van der Waals surface area (Å²) >= 11 is 0. The largest absolute Gasteiger partial charge is 0.295 e. The fourth-order valence-electron chi connectivity index (χ4n) is 0.406. The van der Waals surface area contributed by atoms with E-state index in [-0.39, 0.29) is 0 Å². The highest BCUT2D eigenvalue weighted by atomic mass is 15.1. The quantitative estimate of drug-likeness (QED) is 0.220. The fraction of sp³-hybridized carbons (Fsp3) is 0.571. The van der Waals surface area contributed by atoms with Gasteiger partial charge in [0.05, 0.1) is 6.34 Å². The van der Waals surface area contributed by atoms with E-state index < -0.39 is 0 Å². The Morgan fingerprint density at radius 1 is 1.67 bits per heavy atom. The van der Waals surface area contributed by atoms with Crippen LogP contribution in [0.1, 0.15) is 13.3 Å². The van der Waals surface area contributed by atoms with Crippen molar-refractivity contribution < 1.29 is 0 Å². The Labute approximate surface area is 56.6 Å². The summed E-state index contributed by atoms with van der Waals surface area (Å²) < 4.78 is 0. The lowest BCUT2D eigenvalue weighted by Gasteiger charge is -1.98. The van der Waals surface area contributed by atoms with Crippen molar-refractivity contribution in [3.63, 3.8) is 0 Å². The van der Waals surface area contributed by atoms with Gasteiger partial charge in [-0.3, -0.25) is 9.89 Å². The number of nitrogens with zero attached hydrogens (tertiary/aromatic N) is 2. The highest BCUT2D eigenvalue weighted by Crippen LogP contribution is 1.72. The fourth-order valence-corrected chi connectivity index (χ4v) is 0.406. The second-order valence-electron chi connectivity index (χ2n) is 1.63. The van der Waals surface area contributed by atoms with E-state index in [0.29, 0.717) is 0 Å². The van der Waals surface area contributed by atoms with Gasteiger partial charge in [-0.1, -0.05) is 12.8 Å². The minimum atomic E-state index is 0.891. The minimum absolute atomic E-state index is 0.891. The minimum Gasteiger partial charge on any atom is -0.295 e. The maximum atomic E-state index is 3.79. The molecule has 0 fully saturated rings. The molecule has 2 nitrogen and oxygen atoms in total. The van der Waals surface area contributed by atoms with E-state index in [1.807, 2.05) is 14.0 Å².